The molecular weight excluding hydrogens is 266 g/mol. The second-order valence-electron chi connectivity index (χ2n) is 5.92. The number of fused-ring (bicyclic) bond motifs is 1. The standard InChI is InChI=1S/C16H21N3O2/c1-11(14(20)17-2)19-8-7-16(15(19)21)9-12-5-3-4-6-13(12)10-18-16/h3-6,11,18H,7-10H2,1-2H3,(H,17,20)/t11-,16+/m0/s1. The van der Waals surface area contributed by atoms with Crippen LogP contribution in [0.2, 0.25) is 0 Å². The van der Waals surface area contributed by atoms with Gasteiger partial charge in [0.25, 0.3) is 0 Å². The Hall–Kier alpha value is -1.88. The summed E-state index contributed by atoms with van der Waals surface area (Å²) in [5.74, 6) is -0.0651. The van der Waals surface area contributed by atoms with Crippen LogP contribution in [0.3, 0.4) is 0 Å². The van der Waals surface area contributed by atoms with Crippen molar-refractivity contribution in [3.8, 4) is 0 Å². The molecule has 0 aliphatic carbocycles. The number of likely N-dealkylation sites (tertiary alicyclic amines) is 1. The summed E-state index contributed by atoms with van der Waals surface area (Å²) in [6.45, 7) is 3.12. The van der Waals surface area contributed by atoms with Crippen molar-refractivity contribution < 1.29 is 9.59 Å². The van der Waals surface area contributed by atoms with Crippen LogP contribution in [0.1, 0.15) is 24.5 Å². The second-order valence-corrected chi connectivity index (χ2v) is 5.92. The smallest absolute Gasteiger partial charge is 0.243 e. The Bertz CT molecular complexity index is 587. The topological polar surface area (TPSA) is 61.4 Å². The van der Waals surface area contributed by atoms with E-state index >= 15 is 0 Å². The molecule has 5 heteroatoms. The molecule has 0 bridgehead atoms. The van der Waals surface area contributed by atoms with E-state index < -0.39 is 11.6 Å². The number of amides is 2. The van der Waals surface area contributed by atoms with E-state index in [9.17, 15) is 9.59 Å². The Balaban J connectivity index is 1.83. The lowest BCUT2D eigenvalue weighted by atomic mass is 9.83. The van der Waals surface area contributed by atoms with E-state index in [1.165, 1.54) is 11.1 Å². The molecule has 2 N–H and O–H groups in total. The maximum Gasteiger partial charge on any atom is 0.243 e. The highest BCUT2D eigenvalue weighted by molar-refractivity contribution is 5.94. The summed E-state index contributed by atoms with van der Waals surface area (Å²) in [5.41, 5.74) is 1.96. The molecule has 2 aliphatic rings. The van der Waals surface area contributed by atoms with Gasteiger partial charge in [0.2, 0.25) is 11.8 Å². The van der Waals surface area contributed by atoms with Crippen LogP contribution >= 0.6 is 0 Å². The summed E-state index contributed by atoms with van der Waals surface area (Å²) < 4.78 is 0. The minimum atomic E-state index is -0.531. The van der Waals surface area contributed by atoms with Crippen molar-refractivity contribution >= 4 is 11.8 Å². The van der Waals surface area contributed by atoms with E-state index in [1.54, 1.807) is 18.9 Å². The van der Waals surface area contributed by atoms with E-state index in [1.807, 2.05) is 12.1 Å². The third-order valence-electron chi connectivity index (χ3n) is 4.77. The zero-order chi connectivity index (χ0) is 15.0. The third kappa shape index (κ3) is 2.21. The molecule has 1 aromatic rings. The highest BCUT2D eigenvalue weighted by Gasteiger charge is 2.50. The number of nitrogens with zero attached hydrogens (tertiary/aromatic N) is 1. The lowest BCUT2D eigenvalue weighted by molar-refractivity contribution is -0.140. The van der Waals surface area contributed by atoms with Gasteiger partial charge in [0.1, 0.15) is 11.6 Å². The number of nitrogens with one attached hydrogen (secondary N) is 2. The van der Waals surface area contributed by atoms with Crippen LogP contribution in [0, 0.1) is 0 Å². The van der Waals surface area contributed by atoms with E-state index in [4.69, 9.17) is 0 Å². The van der Waals surface area contributed by atoms with Gasteiger partial charge in [-0.2, -0.15) is 0 Å². The summed E-state index contributed by atoms with van der Waals surface area (Å²) in [7, 11) is 1.60. The minimum Gasteiger partial charge on any atom is -0.357 e. The van der Waals surface area contributed by atoms with Crippen molar-refractivity contribution in [3.63, 3.8) is 0 Å². The summed E-state index contributed by atoms with van der Waals surface area (Å²) in [6.07, 6.45) is 1.46. The number of benzene rings is 1. The second kappa shape index (κ2) is 5.15. The predicted molar refractivity (Wildman–Crippen MR) is 79.6 cm³/mol. The minimum absolute atomic E-state index is 0.0492. The molecule has 2 atom stereocenters. The highest BCUT2D eigenvalue weighted by Crippen LogP contribution is 2.33. The Morgan fingerprint density at radius 1 is 1.38 bits per heavy atom. The van der Waals surface area contributed by atoms with E-state index in [0.717, 1.165) is 6.42 Å². The van der Waals surface area contributed by atoms with Crippen LogP contribution in [-0.2, 0) is 22.6 Å². The normalized spacial score (nSPS) is 25.8. The molecule has 1 aromatic carbocycles. The fourth-order valence-corrected chi connectivity index (χ4v) is 3.40. The van der Waals surface area contributed by atoms with Gasteiger partial charge >= 0.3 is 0 Å². The summed E-state index contributed by atoms with van der Waals surface area (Å²) >= 11 is 0. The SMILES string of the molecule is CNC(=O)[C@H](C)N1CC[C@@]2(Cc3ccccc3CN2)C1=O. The number of hydrogen-bond donors (Lipinski definition) is 2. The average molecular weight is 287 g/mol. The highest BCUT2D eigenvalue weighted by atomic mass is 16.2. The maximum atomic E-state index is 12.8. The number of carbonyl (C=O) groups is 2. The summed E-state index contributed by atoms with van der Waals surface area (Å²) in [5, 5.41) is 6.04. The Morgan fingerprint density at radius 3 is 2.81 bits per heavy atom. The van der Waals surface area contributed by atoms with Gasteiger partial charge in [0, 0.05) is 20.1 Å². The van der Waals surface area contributed by atoms with Crippen molar-refractivity contribution in [1.29, 1.82) is 0 Å². The molecule has 1 saturated heterocycles. The van der Waals surface area contributed by atoms with Crippen molar-refractivity contribution in [1.82, 2.24) is 15.5 Å². The molecule has 2 amide bonds. The van der Waals surface area contributed by atoms with Gasteiger partial charge in [-0.3, -0.25) is 14.9 Å². The van der Waals surface area contributed by atoms with Crippen LogP contribution in [0.25, 0.3) is 0 Å². The van der Waals surface area contributed by atoms with Crippen LogP contribution in [0.5, 0.6) is 0 Å². The van der Waals surface area contributed by atoms with E-state index in [0.29, 0.717) is 19.5 Å². The number of carbonyl (C=O) groups excluding carboxylic acids is 2. The third-order valence-corrected chi connectivity index (χ3v) is 4.77. The summed E-state index contributed by atoms with van der Waals surface area (Å²) in [4.78, 5) is 26.3. The summed E-state index contributed by atoms with van der Waals surface area (Å²) in [6, 6.07) is 7.81. The first-order valence-electron chi connectivity index (χ1n) is 7.42. The number of rotatable bonds is 2. The van der Waals surface area contributed by atoms with E-state index in [2.05, 4.69) is 22.8 Å². The molecule has 0 saturated carbocycles. The fraction of sp³-hybridized carbons (Fsp3) is 0.500. The van der Waals surface area contributed by atoms with Crippen molar-refractivity contribution in [2.45, 2.75) is 37.9 Å². The molecule has 2 heterocycles. The van der Waals surface area contributed by atoms with Crippen molar-refractivity contribution in [3.05, 3.63) is 35.4 Å². The van der Waals surface area contributed by atoms with Gasteiger partial charge in [-0.1, -0.05) is 24.3 Å². The molecule has 0 unspecified atom stereocenters. The van der Waals surface area contributed by atoms with Gasteiger partial charge in [-0.25, -0.2) is 0 Å². The molecule has 0 aromatic heterocycles. The number of likely N-dealkylation sites (N-methyl/N-ethyl adjacent to an activating group) is 1. The molecule has 1 spiro atoms. The quantitative estimate of drug-likeness (QED) is 0.829. The largest absolute Gasteiger partial charge is 0.357 e. The average Bonchev–Trinajstić information content (AvgIpc) is 2.82. The Kier molecular flexibility index (Phi) is 3.45. The van der Waals surface area contributed by atoms with Crippen LogP contribution in [-0.4, -0.2) is 41.9 Å². The van der Waals surface area contributed by atoms with Gasteiger partial charge in [-0.05, 0) is 30.9 Å². The van der Waals surface area contributed by atoms with Gasteiger partial charge in [-0.15, -0.1) is 0 Å². The fourth-order valence-electron chi connectivity index (χ4n) is 3.40. The van der Waals surface area contributed by atoms with Crippen LogP contribution in [0.15, 0.2) is 24.3 Å². The monoisotopic (exact) mass is 287 g/mol. The zero-order valence-electron chi connectivity index (χ0n) is 12.5. The lowest BCUT2D eigenvalue weighted by Crippen LogP contribution is -2.57. The molecular formula is C16H21N3O2. The first-order chi connectivity index (χ1) is 10.1. The molecule has 21 heavy (non-hydrogen) atoms. The van der Waals surface area contributed by atoms with Gasteiger partial charge in [0.15, 0.2) is 0 Å². The molecule has 1 fully saturated rings. The molecule has 2 aliphatic heterocycles. The molecule has 3 rings (SSSR count). The Morgan fingerprint density at radius 2 is 2.10 bits per heavy atom. The van der Waals surface area contributed by atoms with Gasteiger partial charge < -0.3 is 10.2 Å². The number of hydrogen-bond acceptors (Lipinski definition) is 3. The van der Waals surface area contributed by atoms with Gasteiger partial charge in [0.05, 0.1) is 0 Å². The molecule has 5 nitrogen and oxygen atoms in total. The maximum absolute atomic E-state index is 12.8. The van der Waals surface area contributed by atoms with Crippen molar-refractivity contribution in [2.24, 2.45) is 0 Å². The zero-order valence-corrected chi connectivity index (χ0v) is 12.5. The van der Waals surface area contributed by atoms with E-state index in [-0.39, 0.29) is 11.8 Å². The van der Waals surface area contributed by atoms with Crippen LogP contribution in [0.4, 0.5) is 0 Å². The molecule has 0 radical (unpaired) electrons. The predicted octanol–water partition coefficient (Wildman–Crippen LogP) is 0.438. The first-order valence-corrected chi connectivity index (χ1v) is 7.42. The van der Waals surface area contributed by atoms with Crippen LogP contribution < -0.4 is 10.6 Å². The Labute approximate surface area is 124 Å². The molecule has 112 valence electrons. The van der Waals surface area contributed by atoms with Crippen molar-refractivity contribution in [2.75, 3.05) is 13.6 Å². The first kappa shape index (κ1) is 14.1. The lowest BCUT2D eigenvalue weighted by Gasteiger charge is -2.35.